The molecule has 3 aromatic rings. The van der Waals surface area contributed by atoms with Crippen LogP contribution in [-0.4, -0.2) is 43.7 Å². The third-order valence-corrected chi connectivity index (χ3v) is 3.67. The number of nitrogens with one attached hydrogen (secondary N) is 1. The monoisotopic (exact) mass is 354 g/mol. The molecule has 0 aliphatic heterocycles. The quantitative estimate of drug-likeness (QED) is 0.518. The van der Waals surface area contributed by atoms with Crippen LogP contribution in [0.25, 0.3) is 22.4 Å². The van der Waals surface area contributed by atoms with Crippen molar-refractivity contribution in [1.82, 2.24) is 10.3 Å². The highest BCUT2D eigenvalue weighted by molar-refractivity contribution is 6.05. The van der Waals surface area contributed by atoms with Gasteiger partial charge >= 0.3 is 5.97 Å². The predicted molar refractivity (Wildman–Crippen MR) is 94.6 cm³/mol. The minimum atomic E-state index is -0.599. The minimum Gasteiger partial charge on any atom is -0.463 e. The van der Waals surface area contributed by atoms with Crippen molar-refractivity contribution >= 4 is 22.8 Å². The summed E-state index contributed by atoms with van der Waals surface area (Å²) in [5.41, 5.74) is 1.48. The zero-order valence-corrected chi connectivity index (χ0v) is 14.2. The number of furan rings is 1. The Morgan fingerprint density at radius 1 is 1.19 bits per heavy atom. The lowest BCUT2D eigenvalue weighted by Gasteiger charge is -2.09. The summed E-state index contributed by atoms with van der Waals surface area (Å²) in [5.74, 6) is -0.444. The summed E-state index contributed by atoms with van der Waals surface area (Å²) in [6.07, 6.45) is 1.54. The molecule has 0 spiro atoms. The maximum atomic E-state index is 12.5. The van der Waals surface area contributed by atoms with Gasteiger partial charge in [-0.15, -0.1) is 0 Å². The van der Waals surface area contributed by atoms with Crippen molar-refractivity contribution in [2.24, 2.45) is 0 Å². The fraction of sp³-hybridized carbons (Fsp3) is 0.211. The van der Waals surface area contributed by atoms with E-state index in [9.17, 15) is 9.59 Å². The maximum Gasteiger partial charge on any atom is 0.339 e. The summed E-state index contributed by atoms with van der Waals surface area (Å²) in [6.45, 7) is 0.379. The van der Waals surface area contributed by atoms with E-state index in [0.717, 1.165) is 0 Å². The zero-order valence-electron chi connectivity index (χ0n) is 14.2. The van der Waals surface area contributed by atoms with Gasteiger partial charge in [-0.1, -0.05) is 18.2 Å². The number of fused-ring (bicyclic) bond motifs is 1. The summed E-state index contributed by atoms with van der Waals surface area (Å²) in [4.78, 5) is 28.7. The molecule has 7 heteroatoms. The Hall–Kier alpha value is -3.19. The number of methoxy groups -OCH3 is 1. The molecule has 0 unspecified atom stereocenters. The van der Waals surface area contributed by atoms with E-state index in [2.05, 4.69) is 10.3 Å². The second-order valence-electron chi connectivity index (χ2n) is 5.47. The molecule has 0 saturated carbocycles. The van der Waals surface area contributed by atoms with Crippen LogP contribution in [0.2, 0.25) is 0 Å². The van der Waals surface area contributed by atoms with Crippen molar-refractivity contribution in [2.75, 3.05) is 26.9 Å². The Morgan fingerprint density at radius 2 is 2.04 bits per heavy atom. The standard InChI is InChI=1S/C19H18N2O5/c1-24-10-8-20-18(22)12-26-19(23)14-11-16(17-7-4-9-25-17)21-15-6-3-2-5-13(14)15/h2-7,9,11H,8,10,12H2,1H3,(H,20,22). The van der Waals surface area contributed by atoms with E-state index < -0.39 is 5.97 Å². The van der Waals surface area contributed by atoms with Crippen LogP contribution >= 0.6 is 0 Å². The van der Waals surface area contributed by atoms with Gasteiger partial charge in [-0.3, -0.25) is 4.79 Å². The number of ether oxygens (including phenoxy) is 2. The summed E-state index contributed by atoms with van der Waals surface area (Å²) < 4.78 is 15.4. The first-order valence-corrected chi connectivity index (χ1v) is 8.05. The molecule has 1 amide bonds. The number of benzene rings is 1. The van der Waals surface area contributed by atoms with Gasteiger partial charge < -0.3 is 19.2 Å². The van der Waals surface area contributed by atoms with E-state index in [0.29, 0.717) is 41.1 Å². The van der Waals surface area contributed by atoms with Crippen molar-refractivity contribution in [3.8, 4) is 11.5 Å². The van der Waals surface area contributed by atoms with Crippen molar-refractivity contribution in [1.29, 1.82) is 0 Å². The molecule has 0 saturated heterocycles. The van der Waals surface area contributed by atoms with Crippen LogP contribution in [0.3, 0.4) is 0 Å². The number of pyridine rings is 1. The maximum absolute atomic E-state index is 12.5. The smallest absolute Gasteiger partial charge is 0.339 e. The van der Waals surface area contributed by atoms with E-state index in [1.807, 2.05) is 12.1 Å². The molecule has 0 bridgehead atoms. The number of nitrogens with zero attached hydrogens (tertiary/aromatic N) is 1. The number of hydrogen-bond acceptors (Lipinski definition) is 6. The predicted octanol–water partition coefficient (Wildman–Crippen LogP) is 2.41. The van der Waals surface area contributed by atoms with Gasteiger partial charge in [-0.25, -0.2) is 9.78 Å². The van der Waals surface area contributed by atoms with Crippen LogP contribution in [0.4, 0.5) is 0 Å². The summed E-state index contributed by atoms with van der Waals surface area (Å²) in [5, 5.41) is 3.24. The average Bonchev–Trinajstić information content (AvgIpc) is 3.20. The molecule has 0 fully saturated rings. The van der Waals surface area contributed by atoms with Crippen molar-refractivity contribution in [3.05, 3.63) is 54.3 Å². The Bertz CT molecular complexity index is 905. The van der Waals surface area contributed by atoms with Gasteiger partial charge in [0.2, 0.25) is 0 Å². The number of para-hydroxylation sites is 1. The third-order valence-electron chi connectivity index (χ3n) is 3.67. The van der Waals surface area contributed by atoms with Gasteiger partial charge in [-0.2, -0.15) is 0 Å². The highest BCUT2D eigenvalue weighted by Gasteiger charge is 2.17. The van der Waals surface area contributed by atoms with Gasteiger partial charge in [0.25, 0.3) is 5.91 Å². The van der Waals surface area contributed by atoms with Crippen LogP contribution in [0.1, 0.15) is 10.4 Å². The molecule has 0 aliphatic carbocycles. The number of aromatic nitrogens is 1. The Morgan fingerprint density at radius 3 is 2.81 bits per heavy atom. The molecule has 26 heavy (non-hydrogen) atoms. The molecule has 0 radical (unpaired) electrons. The molecule has 0 atom stereocenters. The van der Waals surface area contributed by atoms with Gasteiger partial charge in [0.1, 0.15) is 5.69 Å². The third kappa shape index (κ3) is 4.07. The van der Waals surface area contributed by atoms with E-state index in [1.165, 1.54) is 13.4 Å². The second-order valence-corrected chi connectivity index (χ2v) is 5.47. The highest BCUT2D eigenvalue weighted by Crippen LogP contribution is 2.25. The first kappa shape index (κ1) is 17.6. The fourth-order valence-corrected chi connectivity index (χ4v) is 2.45. The lowest BCUT2D eigenvalue weighted by molar-refractivity contribution is -0.124. The number of carbonyl (C=O) groups excluding carboxylic acids is 2. The normalized spacial score (nSPS) is 10.7. The summed E-state index contributed by atoms with van der Waals surface area (Å²) in [7, 11) is 1.54. The molecular weight excluding hydrogens is 336 g/mol. The van der Waals surface area contributed by atoms with E-state index in [4.69, 9.17) is 13.9 Å². The average molecular weight is 354 g/mol. The zero-order chi connectivity index (χ0) is 18.4. The molecular formula is C19H18N2O5. The first-order valence-electron chi connectivity index (χ1n) is 8.05. The van der Waals surface area contributed by atoms with Gasteiger partial charge in [0, 0.05) is 19.0 Å². The molecule has 134 valence electrons. The largest absolute Gasteiger partial charge is 0.463 e. The van der Waals surface area contributed by atoms with E-state index in [1.54, 1.807) is 30.3 Å². The Kier molecular flexibility index (Phi) is 5.60. The molecule has 7 nitrogen and oxygen atoms in total. The number of amides is 1. The summed E-state index contributed by atoms with van der Waals surface area (Å²) >= 11 is 0. The number of esters is 1. The Labute approximate surface area is 149 Å². The van der Waals surface area contributed by atoms with E-state index >= 15 is 0 Å². The first-order chi connectivity index (χ1) is 12.7. The fourth-order valence-electron chi connectivity index (χ4n) is 2.45. The topological polar surface area (TPSA) is 90.7 Å². The number of hydrogen-bond donors (Lipinski definition) is 1. The van der Waals surface area contributed by atoms with Crippen LogP contribution in [0.5, 0.6) is 0 Å². The molecule has 1 N–H and O–H groups in total. The van der Waals surface area contributed by atoms with Crippen LogP contribution in [0, 0.1) is 0 Å². The van der Waals surface area contributed by atoms with Crippen molar-refractivity contribution in [2.45, 2.75) is 0 Å². The molecule has 1 aromatic carbocycles. The van der Waals surface area contributed by atoms with Gasteiger partial charge in [0.15, 0.2) is 12.4 Å². The van der Waals surface area contributed by atoms with E-state index in [-0.39, 0.29) is 12.5 Å². The van der Waals surface area contributed by atoms with Crippen LogP contribution < -0.4 is 5.32 Å². The number of rotatable bonds is 7. The minimum absolute atomic E-state index is 0.326. The second kappa shape index (κ2) is 8.26. The highest BCUT2D eigenvalue weighted by atomic mass is 16.5. The SMILES string of the molecule is COCCNC(=O)COC(=O)c1cc(-c2ccco2)nc2ccccc12. The van der Waals surface area contributed by atoms with Gasteiger partial charge in [-0.05, 0) is 24.3 Å². The summed E-state index contributed by atoms with van der Waals surface area (Å²) in [6, 6.07) is 12.3. The lowest BCUT2D eigenvalue weighted by Crippen LogP contribution is -2.31. The van der Waals surface area contributed by atoms with Gasteiger partial charge in [0.05, 0.1) is 24.0 Å². The molecule has 2 heterocycles. The number of carbonyl (C=O) groups is 2. The Balaban J connectivity index is 1.81. The van der Waals surface area contributed by atoms with Crippen molar-refractivity contribution < 1.29 is 23.5 Å². The molecule has 0 aliphatic rings. The van der Waals surface area contributed by atoms with Crippen molar-refractivity contribution in [3.63, 3.8) is 0 Å². The lowest BCUT2D eigenvalue weighted by atomic mass is 10.1. The molecule has 2 aromatic heterocycles. The van der Waals surface area contributed by atoms with Crippen LogP contribution in [0.15, 0.2) is 53.1 Å². The van der Waals surface area contributed by atoms with Crippen LogP contribution in [-0.2, 0) is 14.3 Å². The molecule has 3 rings (SSSR count).